The van der Waals surface area contributed by atoms with Gasteiger partial charge < -0.3 is 5.32 Å². The Kier molecular flexibility index (Phi) is 4.10. The Morgan fingerprint density at radius 3 is 2.65 bits per heavy atom. The van der Waals surface area contributed by atoms with Crippen LogP contribution in [0.1, 0.15) is 33.1 Å². The van der Waals surface area contributed by atoms with Gasteiger partial charge in [0.1, 0.15) is 0 Å². The van der Waals surface area contributed by atoms with E-state index in [-0.39, 0.29) is 6.04 Å². The lowest BCUT2D eigenvalue weighted by molar-refractivity contribution is 0.373. The van der Waals surface area contributed by atoms with Crippen LogP contribution in [0.5, 0.6) is 0 Å². The van der Waals surface area contributed by atoms with Gasteiger partial charge in [0.05, 0.1) is 5.75 Å². The van der Waals surface area contributed by atoms with E-state index < -0.39 is 10.0 Å². The second-order valence-corrected chi connectivity index (χ2v) is 7.72. The van der Waals surface area contributed by atoms with Gasteiger partial charge in [-0.3, -0.25) is 0 Å². The molecule has 0 saturated carbocycles. The molecule has 0 aromatic rings. The van der Waals surface area contributed by atoms with E-state index in [1.165, 1.54) is 0 Å². The van der Waals surface area contributed by atoms with Crippen LogP contribution < -0.4 is 5.32 Å². The predicted molar refractivity (Wildman–Crippen MR) is 69.3 cm³/mol. The van der Waals surface area contributed by atoms with Crippen LogP contribution in [-0.4, -0.2) is 44.2 Å². The molecule has 1 N–H and O–H groups in total. The molecule has 0 aromatic carbocycles. The van der Waals surface area contributed by atoms with Crippen LogP contribution in [0.4, 0.5) is 0 Å². The van der Waals surface area contributed by atoms with Crippen molar-refractivity contribution in [3.63, 3.8) is 0 Å². The third kappa shape index (κ3) is 3.20. The maximum Gasteiger partial charge on any atom is 0.214 e. The molecule has 2 aliphatic rings. The second-order valence-electron chi connectivity index (χ2n) is 5.75. The van der Waals surface area contributed by atoms with Gasteiger partial charge in [0.2, 0.25) is 10.0 Å². The zero-order chi connectivity index (χ0) is 12.5. The minimum atomic E-state index is -3.05. The van der Waals surface area contributed by atoms with Gasteiger partial charge in [-0.2, -0.15) is 4.31 Å². The van der Waals surface area contributed by atoms with Crippen molar-refractivity contribution >= 4 is 10.0 Å². The Balaban J connectivity index is 1.98. The molecule has 100 valence electrons. The van der Waals surface area contributed by atoms with Gasteiger partial charge in [-0.1, -0.05) is 6.92 Å². The van der Waals surface area contributed by atoms with Crippen LogP contribution in [0, 0.1) is 11.8 Å². The molecule has 0 aliphatic carbocycles. The van der Waals surface area contributed by atoms with Gasteiger partial charge in [0.25, 0.3) is 0 Å². The van der Waals surface area contributed by atoms with Crippen LogP contribution in [-0.2, 0) is 10.0 Å². The first-order chi connectivity index (χ1) is 7.99. The summed E-state index contributed by atoms with van der Waals surface area (Å²) in [5, 5.41) is 3.29. The average molecular weight is 260 g/mol. The summed E-state index contributed by atoms with van der Waals surface area (Å²) < 4.78 is 26.4. The lowest BCUT2D eigenvalue weighted by Gasteiger charge is -2.27. The molecule has 2 fully saturated rings. The Bertz CT molecular complexity index is 350. The molecule has 0 bridgehead atoms. The number of hydrogen-bond donors (Lipinski definition) is 1. The van der Waals surface area contributed by atoms with Gasteiger partial charge in [-0.15, -0.1) is 0 Å². The van der Waals surface area contributed by atoms with Crippen molar-refractivity contribution in [2.24, 2.45) is 11.8 Å². The van der Waals surface area contributed by atoms with Crippen molar-refractivity contribution in [2.75, 3.05) is 25.4 Å². The molecule has 2 heterocycles. The minimum Gasteiger partial charge on any atom is -0.316 e. The highest BCUT2D eigenvalue weighted by atomic mass is 32.2. The summed E-state index contributed by atoms with van der Waals surface area (Å²) in [6.07, 6.45) is 3.15. The highest BCUT2D eigenvalue weighted by Gasteiger charge is 2.36. The van der Waals surface area contributed by atoms with Gasteiger partial charge in [0.15, 0.2) is 0 Å². The smallest absolute Gasteiger partial charge is 0.214 e. The number of piperidine rings is 1. The van der Waals surface area contributed by atoms with Gasteiger partial charge in [-0.05, 0) is 51.1 Å². The Labute approximate surface area is 105 Å². The summed E-state index contributed by atoms with van der Waals surface area (Å²) in [6, 6.07) is 0.187. The molecule has 2 rings (SSSR count). The van der Waals surface area contributed by atoms with E-state index in [4.69, 9.17) is 0 Å². The zero-order valence-corrected chi connectivity index (χ0v) is 11.7. The van der Waals surface area contributed by atoms with Crippen molar-refractivity contribution in [3.05, 3.63) is 0 Å². The van der Waals surface area contributed by atoms with Crippen molar-refractivity contribution in [1.82, 2.24) is 9.62 Å². The first kappa shape index (κ1) is 13.3. The fourth-order valence-electron chi connectivity index (χ4n) is 3.11. The predicted octanol–water partition coefficient (Wildman–Crippen LogP) is 1.05. The van der Waals surface area contributed by atoms with E-state index in [9.17, 15) is 8.42 Å². The van der Waals surface area contributed by atoms with Crippen LogP contribution >= 0.6 is 0 Å². The Morgan fingerprint density at radius 1 is 1.35 bits per heavy atom. The number of sulfonamides is 1. The minimum absolute atomic E-state index is 0.187. The van der Waals surface area contributed by atoms with E-state index in [2.05, 4.69) is 12.2 Å². The average Bonchev–Trinajstić information content (AvgIpc) is 2.59. The maximum atomic E-state index is 12.4. The number of nitrogens with zero attached hydrogens (tertiary/aromatic N) is 1. The van der Waals surface area contributed by atoms with Gasteiger partial charge in [-0.25, -0.2) is 8.42 Å². The monoisotopic (exact) mass is 260 g/mol. The summed E-state index contributed by atoms with van der Waals surface area (Å²) in [6.45, 7) is 6.77. The third-order valence-electron chi connectivity index (χ3n) is 3.93. The summed E-state index contributed by atoms with van der Waals surface area (Å²) in [7, 11) is -3.05. The highest BCUT2D eigenvalue weighted by molar-refractivity contribution is 7.89. The van der Waals surface area contributed by atoms with Crippen LogP contribution in [0.2, 0.25) is 0 Å². The molecule has 2 aliphatic heterocycles. The van der Waals surface area contributed by atoms with Crippen molar-refractivity contribution < 1.29 is 8.42 Å². The summed E-state index contributed by atoms with van der Waals surface area (Å²) in [4.78, 5) is 0. The van der Waals surface area contributed by atoms with Crippen LogP contribution in [0.3, 0.4) is 0 Å². The largest absolute Gasteiger partial charge is 0.316 e. The maximum absolute atomic E-state index is 12.4. The highest BCUT2D eigenvalue weighted by Crippen LogP contribution is 2.27. The topological polar surface area (TPSA) is 49.4 Å². The molecule has 2 saturated heterocycles. The molecule has 0 amide bonds. The number of rotatable bonds is 3. The zero-order valence-electron chi connectivity index (χ0n) is 10.9. The first-order valence-corrected chi connectivity index (χ1v) is 8.30. The molecular weight excluding hydrogens is 236 g/mol. The number of hydrogen-bond acceptors (Lipinski definition) is 3. The van der Waals surface area contributed by atoms with Gasteiger partial charge in [0, 0.05) is 12.6 Å². The Hall–Kier alpha value is -0.130. The second kappa shape index (κ2) is 5.24. The van der Waals surface area contributed by atoms with E-state index in [1.807, 2.05) is 6.92 Å². The van der Waals surface area contributed by atoms with Crippen LogP contribution in [0.15, 0.2) is 0 Å². The number of nitrogens with one attached hydrogen (secondary N) is 1. The normalized spacial score (nSPS) is 36.2. The summed E-state index contributed by atoms with van der Waals surface area (Å²) in [5.74, 6) is 1.14. The molecule has 5 heteroatoms. The molecule has 3 unspecified atom stereocenters. The molecular formula is C12H24N2O2S. The van der Waals surface area contributed by atoms with Crippen LogP contribution in [0.25, 0.3) is 0 Å². The van der Waals surface area contributed by atoms with Crippen molar-refractivity contribution in [1.29, 1.82) is 0 Å². The first-order valence-electron chi connectivity index (χ1n) is 6.69. The Morgan fingerprint density at radius 2 is 2.12 bits per heavy atom. The quantitative estimate of drug-likeness (QED) is 0.825. The summed E-state index contributed by atoms with van der Waals surface area (Å²) >= 11 is 0. The SMILES string of the molecule is CC1CC(C)N(S(=O)(=O)CC2CCCNC2)C1. The lowest BCUT2D eigenvalue weighted by atomic mass is 10.0. The standard InChI is InChI=1S/C12H24N2O2S/c1-10-6-11(2)14(8-10)17(15,16)9-12-4-3-5-13-7-12/h10-13H,3-9H2,1-2H3. The van der Waals surface area contributed by atoms with E-state index in [0.29, 0.717) is 24.1 Å². The molecule has 3 atom stereocenters. The molecule has 0 spiro atoms. The van der Waals surface area contributed by atoms with Crippen molar-refractivity contribution in [3.8, 4) is 0 Å². The molecule has 0 aromatic heterocycles. The fraction of sp³-hybridized carbons (Fsp3) is 1.00. The molecule has 17 heavy (non-hydrogen) atoms. The van der Waals surface area contributed by atoms with Crippen molar-refractivity contribution in [2.45, 2.75) is 39.2 Å². The van der Waals surface area contributed by atoms with E-state index in [0.717, 1.165) is 32.4 Å². The molecule has 4 nitrogen and oxygen atoms in total. The third-order valence-corrected chi connectivity index (χ3v) is 6.05. The summed E-state index contributed by atoms with van der Waals surface area (Å²) in [5.41, 5.74) is 0. The fourth-order valence-corrected chi connectivity index (χ4v) is 5.30. The molecule has 0 radical (unpaired) electrons. The van der Waals surface area contributed by atoms with E-state index >= 15 is 0 Å². The lowest BCUT2D eigenvalue weighted by Crippen LogP contribution is -2.41. The van der Waals surface area contributed by atoms with Gasteiger partial charge >= 0.3 is 0 Å². The van der Waals surface area contributed by atoms with E-state index in [1.54, 1.807) is 4.31 Å².